The average Bonchev–Trinajstić information content (AvgIpc) is 2.24. The van der Waals surface area contributed by atoms with Crippen molar-refractivity contribution in [2.45, 2.75) is 19.9 Å². The minimum Gasteiger partial charge on any atom is -0.312 e. The number of hydrogen-bond donors (Lipinski definition) is 1. The third-order valence-electron chi connectivity index (χ3n) is 2.32. The van der Waals surface area contributed by atoms with Crippen LogP contribution in [0.4, 0.5) is 0 Å². The van der Waals surface area contributed by atoms with Crippen LogP contribution < -0.4 is 5.32 Å². The highest BCUT2D eigenvalue weighted by Gasteiger charge is 2.07. The summed E-state index contributed by atoms with van der Waals surface area (Å²) in [5.41, 5.74) is 1.06. The summed E-state index contributed by atoms with van der Waals surface area (Å²) >= 11 is 5.85. The third-order valence-corrected chi connectivity index (χ3v) is 4.41. The Morgan fingerprint density at radius 1 is 1.29 bits per heavy atom. The van der Waals surface area contributed by atoms with Crippen LogP contribution in [0.3, 0.4) is 0 Å². The molecule has 0 atom stereocenters. The highest BCUT2D eigenvalue weighted by atomic mass is 35.5. The summed E-state index contributed by atoms with van der Waals surface area (Å²) in [6.07, 6.45) is 0.677. The van der Waals surface area contributed by atoms with Crippen molar-refractivity contribution in [2.24, 2.45) is 0 Å². The van der Waals surface area contributed by atoms with E-state index in [0.717, 1.165) is 5.56 Å². The molecule has 0 fully saturated rings. The molecule has 17 heavy (non-hydrogen) atoms. The lowest BCUT2D eigenvalue weighted by Gasteiger charge is -2.06. The zero-order valence-corrected chi connectivity index (χ0v) is 11.5. The third kappa shape index (κ3) is 6.05. The normalized spacial score (nSPS) is 11.6. The Bertz CT molecular complexity index is 446. The van der Waals surface area contributed by atoms with Crippen LogP contribution in [0.15, 0.2) is 24.3 Å². The monoisotopic (exact) mass is 275 g/mol. The van der Waals surface area contributed by atoms with Crippen molar-refractivity contribution >= 4 is 21.4 Å². The lowest BCUT2D eigenvalue weighted by Crippen LogP contribution is -2.24. The van der Waals surface area contributed by atoms with Crippen LogP contribution in [-0.2, 0) is 16.4 Å². The molecule has 0 heterocycles. The molecule has 0 spiro atoms. The minimum absolute atomic E-state index is 0.196. The van der Waals surface area contributed by atoms with Crippen LogP contribution in [-0.4, -0.2) is 26.5 Å². The molecule has 0 saturated heterocycles. The topological polar surface area (TPSA) is 46.2 Å². The first-order chi connectivity index (χ1) is 8.03. The van der Waals surface area contributed by atoms with Crippen molar-refractivity contribution in [3.8, 4) is 0 Å². The fourth-order valence-corrected chi connectivity index (χ4v) is 3.01. The molecule has 1 rings (SSSR count). The zero-order valence-electron chi connectivity index (χ0n) is 9.95. The largest absolute Gasteiger partial charge is 0.312 e. The molecule has 1 aromatic rings. The van der Waals surface area contributed by atoms with Crippen molar-refractivity contribution in [1.82, 2.24) is 5.32 Å². The molecule has 0 radical (unpaired) electrons. The molecule has 0 saturated carbocycles. The van der Waals surface area contributed by atoms with Gasteiger partial charge in [-0.15, -0.1) is 0 Å². The van der Waals surface area contributed by atoms with E-state index >= 15 is 0 Å². The van der Waals surface area contributed by atoms with Crippen LogP contribution in [0.1, 0.15) is 18.9 Å². The van der Waals surface area contributed by atoms with Crippen molar-refractivity contribution in [2.75, 3.05) is 18.1 Å². The van der Waals surface area contributed by atoms with Crippen molar-refractivity contribution in [3.63, 3.8) is 0 Å². The summed E-state index contributed by atoms with van der Waals surface area (Å²) in [7, 11) is -2.88. The number of hydrogen-bond acceptors (Lipinski definition) is 3. The van der Waals surface area contributed by atoms with E-state index in [1.165, 1.54) is 0 Å². The smallest absolute Gasteiger partial charge is 0.151 e. The second-order valence-electron chi connectivity index (χ2n) is 3.96. The predicted octanol–water partition coefficient (Wildman–Crippen LogP) is 2.25. The van der Waals surface area contributed by atoms with Gasteiger partial charge < -0.3 is 5.32 Å². The van der Waals surface area contributed by atoms with E-state index in [4.69, 9.17) is 11.6 Å². The van der Waals surface area contributed by atoms with Gasteiger partial charge in [0.15, 0.2) is 9.84 Å². The van der Waals surface area contributed by atoms with Crippen LogP contribution in [0.2, 0.25) is 5.02 Å². The van der Waals surface area contributed by atoms with Crippen molar-refractivity contribution in [1.29, 1.82) is 0 Å². The number of benzene rings is 1. The molecule has 5 heteroatoms. The molecule has 0 aliphatic rings. The van der Waals surface area contributed by atoms with E-state index < -0.39 is 9.84 Å². The molecule has 0 aliphatic carbocycles. The zero-order chi connectivity index (χ0) is 12.7. The van der Waals surface area contributed by atoms with Gasteiger partial charge in [-0.05, 0) is 24.1 Å². The second kappa shape index (κ2) is 6.99. The summed E-state index contributed by atoms with van der Waals surface area (Å²) in [5.74, 6) is 0.466. The van der Waals surface area contributed by atoms with Gasteiger partial charge in [0.05, 0.1) is 5.75 Å². The van der Waals surface area contributed by atoms with Gasteiger partial charge in [0.2, 0.25) is 0 Å². The van der Waals surface area contributed by atoms with Gasteiger partial charge in [-0.25, -0.2) is 8.42 Å². The Balaban J connectivity index is 2.29. The van der Waals surface area contributed by atoms with Gasteiger partial charge in [0, 0.05) is 23.9 Å². The molecular formula is C12H18ClNO2S. The van der Waals surface area contributed by atoms with E-state index in [1.54, 1.807) is 0 Å². The number of rotatable bonds is 7. The Labute approximate surface area is 108 Å². The molecule has 0 amide bonds. The first-order valence-corrected chi connectivity index (χ1v) is 7.89. The lowest BCUT2D eigenvalue weighted by atomic mass is 10.2. The molecule has 0 unspecified atom stereocenters. The number of sulfone groups is 1. The summed E-state index contributed by atoms with van der Waals surface area (Å²) < 4.78 is 22.9. The van der Waals surface area contributed by atoms with Crippen molar-refractivity contribution in [3.05, 3.63) is 34.9 Å². The van der Waals surface area contributed by atoms with Gasteiger partial charge in [0.25, 0.3) is 0 Å². The molecular weight excluding hydrogens is 258 g/mol. The Morgan fingerprint density at radius 3 is 2.71 bits per heavy atom. The van der Waals surface area contributed by atoms with Gasteiger partial charge in [-0.2, -0.15) is 0 Å². The van der Waals surface area contributed by atoms with E-state index in [0.29, 0.717) is 24.5 Å². The van der Waals surface area contributed by atoms with Gasteiger partial charge in [-0.1, -0.05) is 30.7 Å². The maximum Gasteiger partial charge on any atom is 0.151 e. The molecule has 0 bridgehead atoms. The van der Waals surface area contributed by atoms with E-state index in [2.05, 4.69) is 5.32 Å². The molecule has 96 valence electrons. The molecule has 0 aromatic heterocycles. The first kappa shape index (κ1) is 14.5. The summed E-state index contributed by atoms with van der Waals surface area (Å²) in [4.78, 5) is 0. The van der Waals surface area contributed by atoms with Crippen LogP contribution in [0.25, 0.3) is 0 Å². The molecule has 3 nitrogen and oxygen atoms in total. The fourth-order valence-electron chi connectivity index (χ4n) is 1.52. The Morgan fingerprint density at radius 2 is 2.06 bits per heavy atom. The van der Waals surface area contributed by atoms with E-state index in [-0.39, 0.29) is 11.5 Å². The quantitative estimate of drug-likeness (QED) is 0.777. The lowest BCUT2D eigenvalue weighted by molar-refractivity contribution is 0.589. The summed E-state index contributed by atoms with van der Waals surface area (Å²) in [5, 5.41) is 3.80. The maximum absolute atomic E-state index is 11.4. The Kier molecular flexibility index (Phi) is 5.95. The second-order valence-corrected chi connectivity index (χ2v) is 6.70. The standard InChI is InChI=1S/C12H18ClNO2S/c1-2-7-17(15,16)8-6-14-10-11-4-3-5-12(13)9-11/h3-5,9,14H,2,6-8,10H2,1H3. The minimum atomic E-state index is -2.88. The predicted molar refractivity (Wildman–Crippen MR) is 72.1 cm³/mol. The molecule has 1 N–H and O–H groups in total. The molecule has 0 aliphatic heterocycles. The van der Waals surface area contributed by atoms with E-state index in [9.17, 15) is 8.42 Å². The summed E-state index contributed by atoms with van der Waals surface area (Å²) in [6.45, 7) is 2.99. The van der Waals surface area contributed by atoms with E-state index in [1.807, 2.05) is 31.2 Å². The van der Waals surface area contributed by atoms with Crippen molar-refractivity contribution < 1.29 is 8.42 Å². The Hall–Kier alpha value is -0.580. The summed E-state index contributed by atoms with van der Waals surface area (Å²) in [6, 6.07) is 7.53. The number of nitrogens with one attached hydrogen (secondary N) is 1. The van der Waals surface area contributed by atoms with Gasteiger partial charge >= 0.3 is 0 Å². The SMILES string of the molecule is CCCS(=O)(=O)CCNCc1cccc(Cl)c1. The van der Waals surface area contributed by atoms with Gasteiger partial charge in [0.1, 0.15) is 0 Å². The molecule has 1 aromatic carbocycles. The highest BCUT2D eigenvalue weighted by Crippen LogP contribution is 2.10. The van der Waals surface area contributed by atoms with Crippen LogP contribution in [0, 0.1) is 0 Å². The average molecular weight is 276 g/mol. The first-order valence-electron chi connectivity index (χ1n) is 5.69. The number of halogens is 1. The maximum atomic E-state index is 11.4. The highest BCUT2D eigenvalue weighted by molar-refractivity contribution is 7.91. The van der Waals surface area contributed by atoms with Gasteiger partial charge in [-0.3, -0.25) is 0 Å². The van der Waals surface area contributed by atoms with Crippen LogP contribution >= 0.6 is 11.6 Å². The fraction of sp³-hybridized carbons (Fsp3) is 0.500. The van der Waals surface area contributed by atoms with Crippen LogP contribution in [0.5, 0.6) is 0 Å².